The summed E-state index contributed by atoms with van der Waals surface area (Å²) in [5.74, 6) is -3.98. The molecule has 4 heterocycles. The van der Waals surface area contributed by atoms with Crippen molar-refractivity contribution in [1.29, 1.82) is 0 Å². The molecule has 19 heteroatoms. The number of amides is 3. The second kappa shape index (κ2) is 14.6. The number of hydrogen-bond acceptors (Lipinski definition) is 10. The summed E-state index contributed by atoms with van der Waals surface area (Å²) in [6, 6.07) is 7.76. The summed E-state index contributed by atoms with van der Waals surface area (Å²) in [4.78, 5) is 81.8. The lowest BCUT2D eigenvalue weighted by atomic mass is 9.84. The zero-order valence-corrected chi connectivity index (χ0v) is 29.7. The molecule has 1 saturated heterocycles. The fourth-order valence-corrected chi connectivity index (χ4v) is 7.20. The van der Waals surface area contributed by atoms with E-state index in [4.69, 9.17) is 18.8 Å². The maximum absolute atomic E-state index is 14.4. The van der Waals surface area contributed by atoms with Crippen LogP contribution in [-0.2, 0) is 27.2 Å². The number of fused-ring (bicyclic) bond motifs is 5. The number of aromatic nitrogens is 1. The fourth-order valence-electron chi connectivity index (χ4n) is 6.76. The second-order valence-corrected chi connectivity index (χ2v) is 14.3. The number of pyridine rings is 1. The van der Waals surface area contributed by atoms with Gasteiger partial charge in [0.1, 0.15) is 22.9 Å². The average molecular weight is 760 g/mol. The smallest absolute Gasteiger partial charge is 0.451 e. The van der Waals surface area contributed by atoms with Crippen LogP contribution in [0, 0.1) is 11.6 Å². The van der Waals surface area contributed by atoms with Crippen molar-refractivity contribution >= 4 is 31.4 Å². The van der Waals surface area contributed by atoms with E-state index in [1.54, 1.807) is 17.9 Å². The maximum Gasteiger partial charge on any atom is 0.524 e. The normalized spacial score (nSPS) is 20.5. The minimum absolute atomic E-state index is 0.0456. The molecule has 1 aromatic heterocycles. The van der Waals surface area contributed by atoms with Gasteiger partial charge in [0, 0.05) is 56.0 Å². The summed E-state index contributed by atoms with van der Waals surface area (Å²) < 4.78 is 56.4. The van der Waals surface area contributed by atoms with Crippen molar-refractivity contribution in [1.82, 2.24) is 19.7 Å². The number of phosphoric acid groups is 1. The molecule has 6 rings (SSSR count). The first-order valence-corrected chi connectivity index (χ1v) is 18.0. The predicted octanol–water partition coefficient (Wildman–Crippen LogP) is 3.85. The highest BCUT2D eigenvalue weighted by Crippen LogP contribution is 2.46. The molecule has 3 aliphatic rings. The van der Waals surface area contributed by atoms with Crippen LogP contribution in [-0.4, -0.2) is 79.8 Å². The molecule has 16 nitrogen and oxygen atoms in total. The van der Waals surface area contributed by atoms with E-state index in [0.717, 1.165) is 17.0 Å². The molecule has 2 bridgehead atoms. The van der Waals surface area contributed by atoms with Gasteiger partial charge in [0.2, 0.25) is 18.0 Å². The number of nitrogens with zero attached hydrogens (tertiary/aromatic N) is 4. The number of nitrogens with one attached hydrogen (secondary N) is 1. The number of halogens is 2. The van der Waals surface area contributed by atoms with Gasteiger partial charge in [-0.2, -0.15) is 0 Å². The minimum Gasteiger partial charge on any atom is -0.451 e. The number of hydrogen-bond donors (Lipinski definition) is 3. The number of carbonyl (C=O) groups excluding carboxylic acids is 3. The van der Waals surface area contributed by atoms with Crippen LogP contribution in [0.4, 0.5) is 13.6 Å². The van der Waals surface area contributed by atoms with E-state index in [-0.39, 0.29) is 41.7 Å². The van der Waals surface area contributed by atoms with Gasteiger partial charge in [0.15, 0.2) is 11.3 Å². The molecule has 0 aliphatic carbocycles. The quantitative estimate of drug-likeness (QED) is 0.201. The van der Waals surface area contributed by atoms with E-state index in [1.807, 2.05) is 6.92 Å². The first-order chi connectivity index (χ1) is 25.1. The molecular weight excluding hydrogens is 723 g/mol. The summed E-state index contributed by atoms with van der Waals surface area (Å²) in [5, 5.41) is 6.65. The summed E-state index contributed by atoms with van der Waals surface area (Å²) >= 11 is 0. The number of phosphoric ester groups is 1. The molecule has 282 valence electrons. The Labute approximate surface area is 301 Å². The summed E-state index contributed by atoms with van der Waals surface area (Å²) in [6.45, 7) is 2.32. The first-order valence-electron chi connectivity index (χ1n) is 16.4. The molecule has 0 unspecified atom stereocenters. The fraction of sp³-hybridized carbons (Fsp3) is 0.382. The summed E-state index contributed by atoms with van der Waals surface area (Å²) in [7, 11) is -3.58. The van der Waals surface area contributed by atoms with Crippen molar-refractivity contribution in [2.75, 3.05) is 20.4 Å². The highest BCUT2D eigenvalue weighted by molar-refractivity contribution is 7.46. The van der Waals surface area contributed by atoms with E-state index < -0.39 is 79.1 Å². The van der Waals surface area contributed by atoms with Gasteiger partial charge in [-0.3, -0.25) is 24.2 Å². The SMILES string of the molecule is CC1=NO[C@@]2(CC[C@H](C)N3C[C@H]2n2cc(C(=O)NCc4ccc(F)cc4F)c(=O)c(OCOC(=O)N(C)Cc4ccccc4OP(=O)(O)O)c2C3=O)C1. The van der Waals surface area contributed by atoms with Crippen molar-refractivity contribution in [3.8, 4) is 11.5 Å². The molecule has 1 fully saturated rings. The Morgan fingerprint density at radius 2 is 1.92 bits per heavy atom. The van der Waals surface area contributed by atoms with Gasteiger partial charge in [-0.25, -0.2) is 18.1 Å². The van der Waals surface area contributed by atoms with Crippen LogP contribution >= 0.6 is 7.82 Å². The number of para-hydroxylation sites is 1. The topological polar surface area (TPSA) is 199 Å². The highest BCUT2D eigenvalue weighted by Gasteiger charge is 2.54. The van der Waals surface area contributed by atoms with Gasteiger partial charge < -0.3 is 38.5 Å². The number of ether oxygens (including phenoxy) is 2. The number of carbonyl (C=O) groups is 3. The van der Waals surface area contributed by atoms with Crippen LogP contribution < -0.4 is 20.0 Å². The second-order valence-electron chi connectivity index (χ2n) is 13.1. The van der Waals surface area contributed by atoms with Gasteiger partial charge in [0.25, 0.3) is 11.8 Å². The van der Waals surface area contributed by atoms with E-state index in [1.165, 1.54) is 36.0 Å². The molecule has 0 saturated carbocycles. The largest absolute Gasteiger partial charge is 0.524 e. The van der Waals surface area contributed by atoms with Crippen molar-refractivity contribution in [2.24, 2.45) is 5.16 Å². The minimum atomic E-state index is -4.91. The average Bonchev–Trinajstić information content (AvgIpc) is 3.43. The molecule has 3 atom stereocenters. The molecule has 3 aliphatic heterocycles. The monoisotopic (exact) mass is 759 g/mol. The lowest BCUT2D eigenvalue weighted by Crippen LogP contribution is -2.52. The van der Waals surface area contributed by atoms with Gasteiger partial charge in [-0.05, 0) is 38.8 Å². The lowest BCUT2D eigenvalue weighted by molar-refractivity contribution is -0.0657. The van der Waals surface area contributed by atoms with Crippen LogP contribution in [0.25, 0.3) is 0 Å². The third-order valence-electron chi connectivity index (χ3n) is 9.42. The third-order valence-corrected chi connectivity index (χ3v) is 9.85. The number of rotatable bonds is 10. The van der Waals surface area contributed by atoms with Crippen molar-refractivity contribution in [3.05, 3.63) is 92.9 Å². The molecule has 1 spiro atoms. The Kier molecular flexibility index (Phi) is 10.3. The van der Waals surface area contributed by atoms with E-state index >= 15 is 0 Å². The van der Waals surface area contributed by atoms with Crippen LogP contribution in [0.15, 0.2) is 58.6 Å². The van der Waals surface area contributed by atoms with Gasteiger partial charge in [0.05, 0.1) is 18.3 Å². The van der Waals surface area contributed by atoms with Gasteiger partial charge in [-0.15, -0.1) is 0 Å². The Hall–Kier alpha value is -5.32. The van der Waals surface area contributed by atoms with E-state index in [2.05, 4.69) is 10.5 Å². The Morgan fingerprint density at radius 3 is 2.62 bits per heavy atom. The maximum atomic E-state index is 14.4. The zero-order valence-electron chi connectivity index (χ0n) is 28.8. The number of oxime groups is 1. The van der Waals surface area contributed by atoms with Gasteiger partial charge in [-0.1, -0.05) is 29.4 Å². The zero-order chi connectivity index (χ0) is 38.2. The molecule has 3 aromatic rings. The lowest BCUT2D eigenvalue weighted by Gasteiger charge is -2.42. The van der Waals surface area contributed by atoms with Crippen LogP contribution in [0.1, 0.15) is 71.1 Å². The van der Waals surface area contributed by atoms with Gasteiger partial charge >= 0.3 is 13.9 Å². The molecule has 53 heavy (non-hydrogen) atoms. The standard InChI is InChI=1S/C34H36F2N5O11P/c1-19-13-34(52-38-19)11-10-20(2)40-17-27(34)41-16-24(31(43)37-14-21-8-9-23(35)12-25(21)36)29(42)30(28(41)32(40)44)49-18-50-33(45)39(3)15-22-6-4-5-7-26(22)51-53(46,47)48/h4-9,12,16,20,27H,10-11,13-15,17-18H2,1-3H3,(H,37,43)(H2,46,47,48)/t20-,27+,34-/m0/s1. The highest BCUT2D eigenvalue weighted by atomic mass is 31.2. The molecule has 2 aromatic carbocycles. The van der Waals surface area contributed by atoms with Crippen molar-refractivity contribution in [3.63, 3.8) is 0 Å². The third kappa shape index (κ3) is 7.75. The molecule has 3 amide bonds. The van der Waals surface area contributed by atoms with E-state index in [9.17, 15) is 42.3 Å². The van der Waals surface area contributed by atoms with Crippen LogP contribution in [0.3, 0.4) is 0 Å². The predicted molar refractivity (Wildman–Crippen MR) is 181 cm³/mol. The Morgan fingerprint density at radius 1 is 1.17 bits per heavy atom. The van der Waals surface area contributed by atoms with Crippen LogP contribution in [0.2, 0.25) is 0 Å². The van der Waals surface area contributed by atoms with E-state index in [0.29, 0.717) is 31.0 Å². The Balaban J connectivity index is 1.31. The van der Waals surface area contributed by atoms with Crippen LogP contribution in [0.5, 0.6) is 11.5 Å². The summed E-state index contributed by atoms with van der Waals surface area (Å²) in [6.07, 6.45) is 1.69. The number of benzene rings is 2. The first kappa shape index (κ1) is 37.4. The molecule has 3 N–H and O–H groups in total. The molecular formula is C34H36F2N5O11P. The van der Waals surface area contributed by atoms with Crippen molar-refractivity contribution < 1.29 is 56.4 Å². The summed E-state index contributed by atoms with van der Waals surface area (Å²) in [5.41, 5.74) is -1.72. The molecule has 0 radical (unpaired) electrons. The Bertz CT molecular complexity index is 2110. The van der Waals surface area contributed by atoms with Crippen molar-refractivity contribution in [2.45, 2.75) is 63.9 Å².